The Morgan fingerprint density at radius 2 is 1.69 bits per heavy atom. The van der Waals surface area contributed by atoms with Crippen LogP contribution in [0.1, 0.15) is 11.3 Å². The minimum absolute atomic E-state index is 0.360. The number of ether oxygens (including phenoxy) is 1. The maximum Gasteiger partial charge on any atom is 0.229 e. The first kappa shape index (κ1) is 17.6. The fraction of sp³-hybridized carbons (Fsp3) is 0.158. The Morgan fingerprint density at radius 3 is 2.42 bits per heavy atom. The summed E-state index contributed by atoms with van der Waals surface area (Å²) in [6.45, 7) is 3.79. The van der Waals surface area contributed by atoms with Crippen molar-refractivity contribution in [2.45, 2.75) is 13.8 Å². The molecule has 2 aromatic carbocycles. The number of anilines is 4. The second kappa shape index (κ2) is 7.35. The summed E-state index contributed by atoms with van der Waals surface area (Å²) in [5.41, 5.74) is 2.89. The predicted molar refractivity (Wildman–Crippen MR) is 97.4 cm³/mol. The predicted octanol–water partition coefficient (Wildman–Crippen LogP) is 4.87. The molecule has 134 valence electrons. The fourth-order valence-electron chi connectivity index (χ4n) is 2.45. The summed E-state index contributed by atoms with van der Waals surface area (Å²) in [6.07, 6.45) is 0. The number of nitrogens with one attached hydrogen (secondary N) is 2. The summed E-state index contributed by atoms with van der Waals surface area (Å²) in [5, 5.41) is 6.08. The fourth-order valence-corrected chi connectivity index (χ4v) is 2.45. The molecule has 26 heavy (non-hydrogen) atoms. The van der Waals surface area contributed by atoms with Crippen LogP contribution in [0.5, 0.6) is 5.75 Å². The van der Waals surface area contributed by atoms with Gasteiger partial charge < -0.3 is 15.4 Å². The van der Waals surface area contributed by atoms with Gasteiger partial charge >= 0.3 is 0 Å². The van der Waals surface area contributed by atoms with Crippen molar-refractivity contribution in [2.75, 3.05) is 17.7 Å². The smallest absolute Gasteiger partial charge is 0.229 e. The van der Waals surface area contributed by atoms with Gasteiger partial charge in [-0.05, 0) is 43.7 Å². The molecule has 0 saturated heterocycles. The molecule has 0 amide bonds. The summed E-state index contributed by atoms with van der Waals surface area (Å²) < 4.78 is 31.8. The lowest BCUT2D eigenvalue weighted by molar-refractivity contribution is 0.416. The summed E-state index contributed by atoms with van der Waals surface area (Å²) in [4.78, 5) is 8.73. The Kier molecular flexibility index (Phi) is 4.97. The quantitative estimate of drug-likeness (QED) is 0.683. The van der Waals surface area contributed by atoms with Gasteiger partial charge in [-0.1, -0.05) is 6.07 Å². The molecule has 0 saturated carbocycles. The van der Waals surface area contributed by atoms with E-state index in [1.54, 1.807) is 13.2 Å². The first-order valence-corrected chi connectivity index (χ1v) is 7.94. The monoisotopic (exact) mass is 356 g/mol. The third-order valence-corrected chi connectivity index (χ3v) is 3.65. The minimum Gasteiger partial charge on any atom is -0.495 e. The van der Waals surface area contributed by atoms with Crippen molar-refractivity contribution in [1.29, 1.82) is 0 Å². The Bertz CT molecular complexity index is 947. The molecule has 0 aliphatic carbocycles. The molecule has 7 heteroatoms. The zero-order valence-electron chi connectivity index (χ0n) is 14.6. The van der Waals surface area contributed by atoms with E-state index in [9.17, 15) is 8.78 Å². The molecule has 0 fully saturated rings. The van der Waals surface area contributed by atoms with Crippen LogP contribution >= 0.6 is 0 Å². The average Bonchev–Trinajstić information content (AvgIpc) is 2.58. The normalized spacial score (nSPS) is 10.5. The van der Waals surface area contributed by atoms with Crippen LogP contribution in [-0.2, 0) is 0 Å². The van der Waals surface area contributed by atoms with E-state index >= 15 is 0 Å². The van der Waals surface area contributed by atoms with Gasteiger partial charge in [0.05, 0.1) is 12.8 Å². The lowest BCUT2D eigenvalue weighted by Gasteiger charge is -2.13. The topological polar surface area (TPSA) is 59.1 Å². The zero-order valence-corrected chi connectivity index (χ0v) is 14.6. The van der Waals surface area contributed by atoms with Crippen molar-refractivity contribution >= 4 is 23.1 Å². The number of nitrogens with zero attached hydrogens (tertiary/aromatic N) is 2. The van der Waals surface area contributed by atoms with Gasteiger partial charge in [0.1, 0.15) is 11.6 Å². The number of aryl methyl sites for hydroxylation is 2. The molecular weight excluding hydrogens is 338 g/mol. The van der Waals surface area contributed by atoms with E-state index in [4.69, 9.17) is 4.74 Å². The van der Waals surface area contributed by atoms with Crippen LogP contribution in [-0.4, -0.2) is 17.1 Å². The van der Waals surface area contributed by atoms with Crippen LogP contribution in [0.4, 0.5) is 31.9 Å². The summed E-state index contributed by atoms with van der Waals surface area (Å²) in [6, 6.07) is 11.0. The molecule has 0 aliphatic heterocycles. The lowest BCUT2D eigenvalue weighted by Crippen LogP contribution is -2.04. The molecular formula is C19H18F2N4O. The lowest BCUT2D eigenvalue weighted by atomic mass is 10.2. The molecule has 0 spiro atoms. The van der Waals surface area contributed by atoms with E-state index in [-0.39, 0.29) is 0 Å². The molecule has 0 unspecified atom stereocenters. The zero-order chi connectivity index (χ0) is 18.7. The molecule has 3 aromatic rings. The molecule has 0 aliphatic rings. The Labute approximate surface area is 150 Å². The van der Waals surface area contributed by atoms with Gasteiger partial charge in [0.2, 0.25) is 5.95 Å². The van der Waals surface area contributed by atoms with Gasteiger partial charge in [0.15, 0.2) is 11.6 Å². The number of hydrogen-bond acceptors (Lipinski definition) is 5. The number of aromatic nitrogens is 2. The second-order valence-corrected chi connectivity index (χ2v) is 5.80. The van der Waals surface area contributed by atoms with Crippen molar-refractivity contribution in [3.05, 3.63) is 65.4 Å². The summed E-state index contributed by atoms with van der Waals surface area (Å²) in [5.74, 6) is -0.348. The number of benzene rings is 2. The molecule has 1 heterocycles. The van der Waals surface area contributed by atoms with Crippen molar-refractivity contribution < 1.29 is 13.5 Å². The molecule has 0 radical (unpaired) electrons. The summed E-state index contributed by atoms with van der Waals surface area (Å²) in [7, 11) is 1.59. The Morgan fingerprint density at radius 1 is 0.885 bits per heavy atom. The number of halogens is 2. The summed E-state index contributed by atoms with van der Waals surface area (Å²) >= 11 is 0. The van der Waals surface area contributed by atoms with Gasteiger partial charge in [0.25, 0.3) is 0 Å². The number of hydrogen-bond donors (Lipinski definition) is 2. The van der Waals surface area contributed by atoms with Crippen LogP contribution in [0, 0.1) is 25.5 Å². The highest BCUT2D eigenvalue weighted by Crippen LogP contribution is 2.28. The van der Waals surface area contributed by atoms with Gasteiger partial charge in [-0.25, -0.2) is 13.8 Å². The standard InChI is InChI=1S/C19H18F2N4O/c1-11-4-7-17(26-3)16(8-11)24-19-22-12(2)9-18(25-19)23-13-5-6-14(20)15(21)10-13/h4-10H,1-3H3,(H2,22,23,24,25). The highest BCUT2D eigenvalue weighted by Gasteiger charge is 2.09. The molecule has 2 N–H and O–H groups in total. The molecule has 0 atom stereocenters. The van der Waals surface area contributed by atoms with Crippen LogP contribution in [0.25, 0.3) is 0 Å². The van der Waals surface area contributed by atoms with Gasteiger partial charge in [0, 0.05) is 23.5 Å². The minimum atomic E-state index is -0.927. The van der Waals surface area contributed by atoms with Crippen molar-refractivity contribution in [1.82, 2.24) is 9.97 Å². The van der Waals surface area contributed by atoms with Crippen LogP contribution in [0.15, 0.2) is 42.5 Å². The second-order valence-electron chi connectivity index (χ2n) is 5.80. The van der Waals surface area contributed by atoms with Gasteiger partial charge in [-0.15, -0.1) is 0 Å². The maximum absolute atomic E-state index is 13.4. The van der Waals surface area contributed by atoms with Crippen molar-refractivity contribution in [3.63, 3.8) is 0 Å². The first-order valence-electron chi connectivity index (χ1n) is 7.94. The van der Waals surface area contributed by atoms with E-state index in [0.29, 0.717) is 28.9 Å². The number of rotatable bonds is 5. The average molecular weight is 356 g/mol. The highest BCUT2D eigenvalue weighted by molar-refractivity contribution is 5.65. The van der Waals surface area contributed by atoms with Crippen molar-refractivity contribution in [2.24, 2.45) is 0 Å². The van der Waals surface area contributed by atoms with E-state index in [1.807, 2.05) is 32.0 Å². The van der Waals surface area contributed by atoms with Crippen molar-refractivity contribution in [3.8, 4) is 5.75 Å². The third-order valence-electron chi connectivity index (χ3n) is 3.65. The molecule has 3 rings (SSSR count). The largest absolute Gasteiger partial charge is 0.495 e. The Balaban J connectivity index is 1.88. The van der Waals surface area contributed by atoms with E-state index in [1.165, 1.54) is 6.07 Å². The van der Waals surface area contributed by atoms with E-state index in [0.717, 1.165) is 23.4 Å². The first-order chi connectivity index (χ1) is 12.4. The third kappa shape index (κ3) is 4.05. The van der Waals surface area contributed by atoms with Crippen LogP contribution < -0.4 is 15.4 Å². The molecule has 1 aromatic heterocycles. The molecule has 5 nitrogen and oxygen atoms in total. The SMILES string of the molecule is COc1ccc(C)cc1Nc1nc(C)cc(Nc2ccc(F)c(F)c2)n1. The van der Waals surface area contributed by atoms with Gasteiger partial charge in [-0.3, -0.25) is 0 Å². The maximum atomic E-state index is 13.4. The van der Waals surface area contributed by atoms with Crippen LogP contribution in [0.3, 0.4) is 0 Å². The highest BCUT2D eigenvalue weighted by atomic mass is 19.2. The van der Waals surface area contributed by atoms with E-state index < -0.39 is 11.6 Å². The Hall–Kier alpha value is -3.22. The molecule has 0 bridgehead atoms. The van der Waals surface area contributed by atoms with E-state index in [2.05, 4.69) is 20.6 Å². The number of methoxy groups -OCH3 is 1. The van der Waals surface area contributed by atoms with Gasteiger partial charge in [-0.2, -0.15) is 4.98 Å². The van der Waals surface area contributed by atoms with Crippen LogP contribution in [0.2, 0.25) is 0 Å².